The Kier molecular flexibility index (Phi) is 2.10. The summed E-state index contributed by atoms with van der Waals surface area (Å²) in [6.07, 6.45) is 2.55. The van der Waals surface area contributed by atoms with Crippen molar-refractivity contribution >= 4 is 5.69 Å². The number of nitrogens with one attached hydrogen (secondary N) is 1. The van der Waals surface area contributed by atoms with E-state index in [9.17, 15) is 0 Å². The summed E-state index contributed by atoms with van der Waals surface area (Å²) in [6, 6.07) is 5.80. The number of phenols is 1. The van der Waals surface area contributed by atoms with Crippen LogP contribution in [0.1, 0.15) is 18.4 Å². The van der Waals surface area contributed by atoms with E-state index in [4.69, 9.17) is 10.8 Å². The summed E-state index contributed by atoms with van der Waals surface area (Å²) in [5.74, 6) is 0.229. The van der Waals surface area contributed by atoms with Crippen molar-refractivity contribution < 1.29 is 5.11 Å². The molecule has 1 aromatic rings. The van der Waals surface area contributed by atoms with E-state index in [0.717, 1.165) is 12.1 Å². The third-order valence-corrected chi connectivity index (χ3v) is 2.29. The van der Waals surface area contributed by atoms with Crippen molar-refractivity contribution in [3.63, 3.8) is 0 Å². The molecule has 0 heterocycles. The molecule has 1 aliphatic rings. The van der Waals surface area contributed by atoms with E-state index in [2.05, 4.69) is 5.32 Å². The lowest BCUT2D eigenvalue weighted by Crippen LogP contribution is -2.16. The van der Waals surface area contributed by atoms with Gasteiger partial charge in [0.05, 0.1) is 0 Å². The van der Waals surface area contributed by atoms with Crippen molar-refractivity contribution in [2.24, 2.45) is 0 Å². The van der Waals surface area contributed by atoms with Gasteiger partial charge in [0.15, 0.2) is 0 Å². The Bertz CT molecular complexity index is 308. The van der Waals surface area contributed by atoms with Crippen LogP contribution in [0.5, 0.6) is 5.75 Å². The summed E-state index contributed by atoms with van der Waals surface area (Å²) in [6.45, 7) is 0.802. The van der Waals surface area contributed by atoms with Crippen LogP contribution < -0.4 is 11.1 Å². The Labute approximate surface area is 77.6 Å². The van der Waals surface area contributed by atoms with Gasteiger partial charge in [0.25, 0.3) is 0 Å². The zero-order valence-corrected chi connectivity index (χ0v) is 7.46. The second kappa shape index (κ2) is 3.26. The van der Waals surface area contributed by atoms with Crippen LogP contribution >= 0.6 is 0 Å². The molecule has 0 radical (unpaired) electrons. The quantitative estimate of drug-likeness (QED) is 0.610. The predicted octanol–water partition coefficient (Wildman–Crippen LogP) is 1.23. The minimum atomic E-state index is 0.229. The zero-order chi connectivity index (χ0) is 9.26. The van der Waals surface area contributed by atoms with Crippen LogP contribution in [0.3, 0.4) is 0 Å². The number of benzene rings is 1. The molecule has 1 aromatic carbocycles. The molecule has 4 N–H and O–H groups in total. The van der Waals surface area contributed by atoms with E-state index in [1.807, 2.05) is 6.07 Å². The molecule has 0 saturated heterocycles. The third kappa shape index (κ3) is 2.12. The van der Waals surface area contributed by atoms with Gasteiger partial charge in [-0.05, 0) is 24.5 Å². The molecule has 70 valence electrons. The molecule has 0 atom stereocenters. The molecule has 1 fully saturated rings. The normalized spacial score (nSPS) is 16.0. The van der Waals surface area contributed by atoms with Gasteiger partial charge in [-0.1, -0.05) is 6.07 Å². The zero-order valence-electron chi connectivity index (χ0n) is 7.46. The SMILES string of the molecule is Nc1cc(O)ccc1CNC1CC1. The Morgan fingerprint density at radius 3 is 2.85 bits per heavy atom. The van der Waals surface area contributed by atoms with Crippen LogP contribution in [-0.2, 0) is 6.54 Å². The minimum absolute atomic E-state index is 0.229. The number of aromatic hydroxyl groups is 1. The van der Waals surface area contributed by atoms with Crippen molar-refractivity contribution in [2.75, 3.05) is 5.73 Å². The smallest absolute Gasteiger partial charge is 0.117 e. The summed E-state index contributed by atoms with van der Waals surface area (Å²) in [5.41, 5.74) is 7.45. The second-order valence-electron chi connectivity index (χ2n) is 3.54. The Morgan fingerprint density at radius 2 is 2.23 bits per heavy atom. The van der Waals surface area contributed by atoms with Gasteiger partial charge in [-0.25, -0.2) is 0 Å². The molecule has 1 aliphatic carbocycles. The Morgan fingerprint density at radius 1 is 1.46 bits per heavy atom. The summed E-state index contributed by atoms with van der Waals surface area (Å²) >= 11 is 0. The van der Waals surface area contributed by atoms with E-state index in [1.54, 1.807) is 12.1 Å². The van der Waals surface area contributed by atoms with Gasteiger partial charge in [-0.2, -0.15) is 0 Å². The van der Waals surface area contributed by atoms with Gasteiger partial charge in [0.1, 0.15) is 5.75 Å². The summed E-state index contributed by atoms with van der Waals surface area (Å²) in [4.78, 5) is 0. The maximum atomic E-state index is 9.13. The molecule has 0 unspecified atom stereocenters. The summed E-state index contributed by atoms with van der Waals surface area (Å²) in [5, 5.41) is 12.5. The number of nitrogens with two attached hydrogens (primary N) is 1. The van der Waals surface area contributed by atoms with Crippen LogP contribution in [0.25, 0.3) is 0 Å². The van der Waals surface area contributed by atoms with Crippen molar-refractivity contribution in [1.29, 1.82) is 0 Å². The number of anilines is 1. The fourth-order valence-corrected chi connectivity index (χ4v) is 1.29. The predicted molar refractivity (Wildman–Crippen MR) is 52.4 cm³/mol. The molecular weight excluding hydrogens is 164 g/mol. The fourth-order valence-electron chi connectivity index (χ4n) is 1.29. The van der Waals surface area contributed by atoms with Crippen LogP contribution in [0.15, 0.2) is 18.2 Å². The lowest BCUT2D eigenvalue weighted by Gasteiger charge is -2.06. The van der Waals surface area contributed by atoms with Gasteiger partial charge in [0.2, 0.25) is 0 Å². The van der Waals surface area contributed by atoms with Gasteiger partial charge < -0.3 is 16.2 Å². The van der Waals surface area contributed by atoms with E-state index in [-0.39, 0.29) is 5.75 Å². The molecule has 1 saturated carbocycles. The van der Waals surface area contributed by atoms with Gasteiger partial charge in [-0.15, -0.1) is 0 Å². The Hall–Kier alpha value is -1.22. The highest BCUT2D eigenvalue weighted by Gasteiger charge is 2.20. The van der Waals surface area contributed by atoms with Crippen LogP contribution in [0.4, 0.5) is 5.69 Å². The fraction of sp³-hybridized carbons (Fsp3) is 0.400. The van der Waals surface area contributed by atoms with Crippen molar-refractivity contribution in [1.82, 2.24) is 5.32 Å². The summed E-state index contributed by atoms with van der Waals surface area (Å²) in [7, 11) is 0. The van der Waals surface area contributed by atoms with Gasteiger partial charge in [0, 0.05) is 24.3 Å². The van der Waals surface area contributed by atoms with E-state index in [1.165, 1.54) is 12.8 Å². The lowest BCUT2D eigenvalue weighted by molar-refractivity contribution is 0.475. The molecule has 0 aliphatic heterocycles. The summed E-state index contributed by atoms with van der Waals surface area (Å²) < 4.78 is 0. The maximum Gasteiger partial charge on any atom is 0.117 e. The van der Waals surface area contributed by atoms with E-state index in [0.29, 0.717) is 11.7 Å². The highest BCUT2D eigenvalue weighted by molar-refractivity contribution is 5.50. The molecule has 3 nitrogen and oxygen atoms in total. The second-order valence-corrected chi connectivity index (χ2v) is 3.54. The highest BCUT2D eigenvalue weighted by atomic mass is 16.3. The highest BCUT2D eigenvalue weighted by Crippen LogP contribution is 2.22. The number of phenolic OH excluding ortho intramolecular Hbond substituents is 1. The lowest BCUT2D eigenvalue weighted by atomic mass is 10.1. The van der Waals surface area contributed by atoms with E-state index < -0.39 is 0 Å². The van der Waals surface area contributed by atoms with Crippen molar-refractivity contribution in [3.05, 3.63) is 23.8 Å². The molecule has 0 aromatic heterocycles. The van der Waals surface area contributed by atoms with Gasteiger partial charge >= 0.3 is 0 Å². The molecule has 13 heavy (non-hydrogen) atoms. The number of nitrogen functional groups attached to an aromatic ring is 1. The van der Waals surface area contributed by atoms with Crippen LogP contribution in [0.2, 0.25) is 0 Å². The third-order valence-electron chi connectivity index (χ3n) is 2.29. The minimum Gasteiger partial charge on any atom is -0.508 e. The topological polar surface area (TPSA) is 58.3 Å². The molecule has 0 spiro atoms. The van der Waals surface area contributed by atoms with Crippen LogP contribution in [0, 0.1) is 0 Å². The first-order valence-electron chi connectivity index (χ1n) is 4.56. The molecule has 2 rings (SSSR count). The average Bonchev–Trinajstić information content (AvgIpc) is 2.86. The Balaban J connectivity index is 2.01. The standard InChI is InChI=1S/C10H14N2O/c11-10-5-9(13)4-1-7(10)6-12-8-2-3-8/h1,4-5,8,12-13H,2-3,6,11H2. The molecular formula is C10H14N2O. The number of hydrogen-bond acceptors (Lipinski definition) is 3. The monoisotopic (exact) mass is 178 g/mol. The van der Waals surface area contributed by atoms with E-state index >= 15 is 0 Å². The average molecular weight is 178 g/mol. The first-order valence-corrected chi connectivity index (χ1v) is 4.56. The van der Waals surface area contributed by atoms with Gasteiger partial charge in [-0.3, -0.25) is 0 Å². The maximum absolute atomic E-state index is 9.13. The first kappa shape index (κ1) is 8.38. The molecule has 0 bridgehead atoms. The van der Waals surface area contributed by atoms with Crippen molar-refractivity contribution in [3.8, 4) is 5.75 Å². The molecule has 0 amide bonds. The number of rotatable bonds is 3. The number of hydrogen-bond donors (Lipinski definition) is 3. The first-order chi connectivity index (χ1) is 6.25. The largest absolute Gasteiger partial charge is 0.508 e. The molecule has 3 heteroatoms. The van der Waals surface area contributed by atoms with Crippen molar-refractivity contribution in [2.45, 2.75) is 25.4 Å². The van der Waals surface area contributed by atoms with Crippen LogP contribution in [-0.4, -0.2) is 11.1 Å².